The molecule has 0 amide bonds. The first-order chi connectivity index (χ1) is 6.20. The second kappa shape index (κ2) is 3.43. The van der Waals surface area contributed by atoms with Crippen molar-refractivity contribution >= 4 is 15.9 Å². The summed E-state index contributed by atoms with van der Waals surface area (Å²) in [5.41, 5.74) is 2.25. The summed E-state index contributed by atoms with van der Waals surface area (Å²) >= 11 is 3.47. The molecule has 2 heteroatoms. The Morgan fingerprint density at radius 3 is 2.77 bits per heavy atom. The summed E-state index contributed by atoms with van der Waals surface area (Å²) in [6.45, 7) is 2.05. The van der Waals surface area contributed by atoms with Gasteiger partial charge in [-0.05, 0) is 42.9 Å². The molecule has 1 nitrogen and oxygen atoms in total. The Hall–Kier alpha value is -0.340. The second-order valence-electron chi connectivity index (χ2n) is 3.74. The van der Waals surface area contributed by atoms with Gasteiger partial charge < -0.3 is 5.11 Å². The van der Waals surface area contributed by atoms with Gasteiger partial charge in [0.15, 0.2) is 0 Å². The standard InChI is InChI=1S/C11H13BrO/c1-7-9(3-2-4-10(7)12)11(13)8-5-6-8/h2-4,8,11,13H,5-6H2,1H3. The zero-order valence-corrected chi connectivity index (χ0v) is 9.21. The summed E-state index contributed by atoms with van der Waals surface area (Å²) in [4.78, 5) is 0. The fourth-order valence-corrected chi connectivity index (χ4v) is 1.99. The highest BCUT2D eigenvalue weighted by Gasteiger charge is 2.31. The van der Waals surface area contributed by atoms with Gasteiger partial charge in [0.2, 0.25) is 0 Å². The molecule has 1 unspecified atom stereocenters. The van der Waals surface area contributed by atoms with Crippen LogP contribution in [0.5, 0.6) is 0 Å². The molecule has 2 rings (SSSR count). The maximum atomic E-state index is 9.94. The minimum absolute atomic E-state index is 0.252. The summed E-state index contributed by atoms with van der Waals surface area (Å²) in [5, 5.41) is 9.94. The Labute approximate surface area is 86.9 Å². The molecule has 1 aliphatic rings. The lowest BCUT2D eigenvalue weighted by Gasteiger charge is -2.13. The highest BCUT2D eigenvalue weighted by Crippen LogP contribution is 2.42. The van der Waals surface area contributed by atoms with Crippen LogP contribution in [0, 0.1) is 12.8 Å². The Bertz CT molecular complexity index is 318. The van der Waals surface area contributed by atoms with E-state index >= 15 is 0 Å². The highest BCUT2D eigenvalue weighted by molar-refractivity contribution is 9.10. The van der Waals surface area contributed by atoms with Crippen molar-refractivity contribution in [1.29, 1.82) is 0 Å². The predicted octanol–water partition coefficient (Wildman–Crippen LogP) is 3.20. The smallest absolute Gasteiger partial charge is 0.0821 e. The van der Waals surface area contributed by atoms with Crippen LogP contribution in [0.15, 0.2) is 22.7 Å². The van der Waals surface area contributed by atoms with Gasteiger partial charge in [0, 0.05) is 4.47 Å². The molecule has 0 saturated heterocycles. The van der Waals surface area contributed by atoms with Gasteiger partial charge in [-0.15, -0.1) is 0 Å². The molecule has 1 aromatic rings. The van der Waals surface area contributed by atoms with Crippen LogP contribution in [0.4, 0.5) is 0 Å². The first-order valence-corrected chi connectivity index (χ1v) is 5.42. The molecule has 0 radical (unpaired) electrons. The first kappa shape index (κ1) is 9.22. The second-order valence-corrected chi connectivity index (χ2v) is 4.59. The molecule has 1 aliphatic carbocycles. The monoisotopic (exact) mass is 240 g/mol. The van der Waals surface area contributed by atoms with Gasteiger partial charge in [0.05, 0.1) is 6.10 Å². The van der Waals surface area contributed by atoms with Gasteiger partial charge in [-0.1, -0.05) is 28.1 Å². The van der Waals surface area contributed by atoms with E-state index in [1.54, 1.807) is 0 Å². The number of hydrogen-bond acceptors (Lipinski definition) is 1. The van der Waals surface area contributed by atoms with Gasteiger partial charge in [-0.25, -0.2) is 0 Å². The van der Waals surface area contributed by atoms with E-state index in [1.807, 2.05) is 25.1 Å². The summed E-state index contributed by atoms with van der Waals surface area (Å²) in [6.07, 6.45) is 2.10. The molecule has 1 saturated carbocycles. The van der Waals surface area contributed by atoms with Crippen LogP contribution in [-0.4, -0.2) is 5.11 Å². The van der Waals surface area contributed by atoms with Gasteiger partial charge in [-0.3, -0.25) is 0 Å². The minimum atomic E-state index is -0.252. The Morgan fingerprint density at radius 2 is 2.15 bits per heavy atom. The largest absolute Gasteiger partial charge is 0.388 e. The number of aliphatic hydroxyl groups excluding tert-OH is 1. The molecular formula is C11H13BrO. The van der Waals surface area contributed by atoms with E-state index in [-0.39, 0.29) is 6.10 Å². The molecule has 70 valence electrons. The van der Waals surface area contributed by atoms with Gasteiger partial charge in [0.1, 0.15) is 0 Å². The van der Waals surface area contributed by atoms with Crippen molar-refractivity contribution in [2.45, 2.75) is 25.9 Å². The van der Waals surface area contributed by atoms with Gasteiger partial charge >= 0.3 is 0 Å². The van der Waals surface area contributed by atoms with Crippen LogP contribution in [0.25, 0.3) is 0 Å². The van der Waals surface area contributed by atoms with Gasteiger partial charge in [0.25, 0.3) is 0 Å². The van der Waals surface area contributed by atoms with Crippen LogP contribution >= 0.6 is 15.9 Å². The van der Waals surface area contributed by atoms with E-state index in [0.717, 1.165) is 10.0 Å². The molecule has 13 heavy (non-hydrogen) atoms. The maximum Gasteiger partial charge on any atom is 0.0821 e. The van der Waals surface area contributed by atoms with Crippen molar-refractivity contribution in [3.05, 3.63) is 33.8 Å². The van der Waals surface area contributed by atoms with E-state index in [2.05, 4.69) is 15.9 Å². The summed E-state index contributed by atoms with van der Waals surface area (Å²) < 4.78 is 1.09. The molecule has 0 aromatic heterocycles. The number of hydrogen-bond donors (Lipinski definition) is 1. The van der Waals surface area contributed by atoms with Crippen molar-refractivity contribution < 1.29 is 5.11 Å². The molecule has 0 bridgehead atoms. The SMILES string of the molecule is Cc1c(Br)cccc1C(O)C1CC1. The fraction of sp³-hybridized carbons (Fsp3) is 0.455. The lowest BCUT2D eigenvalue weighted by molar-refractivity contribution is 0.153. The van der Waals surface area contributed by atoms with Crippen LogP contribution < -0.4 is 0 Å². The molecule has 1 atom stereocenters. The van der Waals surface area contributed by atoms with Crippen molar-refractivity contribution in [3.8, 4) is 0 Å². The maximum absolute atomic E-state index is 9.94. The first-order valence-electron chi connectivity index (χ1n) is 4.63. The molecule has 1 N–H and O–H groups in total. The van der Waals surface area contributed by atoms with E-state index in [0.29, 0.717) is 5.92 Å². The third-order valence-corrected chi connectivity index (χ3v) is 3.56. The van der Waals surface area contributed by atoms with Crippen LogP contribution in [-0.2, 0) is 0 Å². The van der Waals surface area contributed by atoms with E-state index in [4.69, 9.17) is 0 Å². The molecule has 1 aromatic carbocycles. The Kier molecular flexibility index (Phi) is 2.43. The van der Waals surface area contributed by atoms with Crippen LogP contribution in [0.3, 0.4) is 0 Å². The third-order valence-electron chi connectivity index (χ3n) is 2.70. The van der Waals surface area contributed by atoms with Crippen LogP contribution in [0.1, 0.15) is 30.1 Å². The van der Waals surface area contributed by atoms with E-state index < -0.39 is 0 Å². The zero-order valence-electron chi connectivity index (χ0n) is 7.63. The Balaban J connectivity index is 2.32. The summed E-state index contributed by atoms with van der Waals surface area (Å²) in [6, 6.07) is 6.01. The topological polar surface area (TPSA) is 20.2 Å². The molecule has 0 heterocycles. The highest BCUT2D eigenvalue weighted by atomic mass is 79.9. The number of aliphatic hydroxyl groups is 1. The quantitative estimate of drug-likeness (QED) is 0.842. The van der Waals surface area contributed by atoms with Crippen molar-refractivity contribution in [3.63, 3.8) is 0 Å². The zero-order chi connectivity index (χ0) is 9.42. The minimum Gasteiger partial charge on any atom is -0.388 e. The van der Waals surface area contributed by atoms with Crippen LogP contribution in [0.2, 0.25) is 0 Å². The Morgan fingerprint density at radius 1 is 1.46 bits per heavy atom. The average Bonchev–Trinajstić information content (AvgIpc) is 2.91. The van der Waals surface area contributed by atoms with Gasteiger partial charge in [-0.2, -0.15) is 0 Å². The lowest BCUT2D eigenvalue weighted by atomic mass is 10.0. The molecule has 1 fully saturated rings. The fourth-order valence-electron chi connectivity index (χ4n) is 1.61. The van der Waals surface area contributed by atoms with Crippen molar-refractivity contribution in [2.75, 3.05) is 0 Å². The van der Waals surface area contributed by atoms with Crippen molar-refractivity contribution in [1.82, 2.24) is 0 Å². The summed E-state index contributed by atoms with van der Waals surface area (Å²) in [5.74, 6) is 0.507. The van der Waals surface area contributed by atoms with E-state index in [9.17, 15) is 5.11 Å². The molecule has 0 spiro atoms. The predicted molar refractivity (Wildman–Crippen MR) is 56.6 cm³/mol. The van der Waals surface area contributed by atoms with E-state index in [1.165, 1.54) is 18.4 Å². The number of rotatable bonds is 2. The lowest BCUT2D eigenvalue weighted by Crippen LogP contribution is -2.02. The number of benzene rings is 1. The number of halogens is 1. The average molecular weight is 241 g/mol. The molecule has 0 aliphatic heterocycles. The normalized spacial score (nSPS) is 18.7. The summed E-state index contributed by atoms with van der Waals surface area (Å²) in [7, 11) is 0. The third kappa shape index (κ3) is 1.79. The molecular weight excluding hydrogens is 228 g/mol. The van der Waals surface area contributed by atoms with Crippen molar-refractivity contribution in [2.24, 2.45) is 5.92 Å².